The van der Waals surface area contributed by atoms with Gasteiger partial charge >= 0.3 is 0 Å². The molecular weight excluding hydrogens is 202 g/mol. The molecule has 0 aromatic heterocycles. The summed E-state index contributed by atoms with van der Waals surface area (Å²) in [7, 11) is 2.22. The zero-order valence-electron chi connectivity index (χ0n) is 11.8. The molecule has 2 heteroatoms. The molecule has 0 aromatic rings. The summed E-state index contributed by atoms with van der Waals surface area (Å²) in [4.78, 5) is 2.43. The normalized spacial score (nSPS) is 17.6. The van der Waals surface area contributed by atoms with E-state index in [9.17, 15) is 0 Å². The van der Waals surface area contributed by atoms with Crippen LogP contribution in [0.15, 0.2) is 0 Å². The van der Waals surface area contributed by atoms with Crippen molar-refractivity contribution < 1.29 is 0 Å². The number of hydrogen-bond donors (Lipinski definition) is 0. The summed E-state index contributed by atoms with van der Waals surface area (Å²) in [5, 5.41) is 1.75. The van der Waals surface area contributed by atoms with Crippen LogP contribution in [0, 0.1) is 0 Å². The fourth-order valence-electron chi connectivity index (χ4n) is 1.51. The highest BCUT2D eigenvalue weighted by molar-refractivity contribution is 8.00. The van der Waals surface area contributed by atoms with E-state index in [1.54, 1.807) is 0 Å². The molecule has 1 aliphatic heterocycles. The van der Waals surface area contributed by atoms with Gasteiger partial charge in [0.05, 0.1) is 0 Å². The summed E-state index contributed by atoms with van der Waals surface area (Å²) in [6.07, 6.45) is 2.78. The van der Waals surface area contributed by atoms with E-state index in [1.807, 2.05) is 27.7 Å². The van der Waals surface area contributed by atoms with Crippen LogP contribution in [0.5, 0.6) is 0 Å². The van der Waals surface area contributed by atoms with E-state index in [4.69, 9.17) is 0 Å². The van der Waals surface area contributed by atoms with Gasteiger partial charge < -0.3 is 4.90 Å². The van der Waals surface area contributed by atoms with Gasteiger partial charge in [-0.25, -0.2) is 0 Å². The van der Waals surface area contributed by atoms with Crippen LogP contribution in [0.2, 0.25) is 0 Å². The van der Waals surface area contributed by atoms with Gasteiger partial charge in [-0.2, -0.15) is 11.8 Å². The van der Waals surface area contributed by atoms with Crippen molar-refractivity contribution in [2.45, 2.75) is 64.9 Å². The highest BCUT2D eigenvalue weighted by Crippen LogP contribution is 2.25. The molecule has 0 spiro atoms. The first-order valence-electron chi connectivity index (χ1n) is 6.52. The first-order valence-corrected chi connectivity index (χ1v) is 7.47. The van der Waals surface area contributed by atoms with Gasteiger partial charge in [0, 0.05) is 5.25 Å². The third-order valence-corrected chi connectivity index (χ3v) is 3.53. The zero-order chi connectivity index (χ0) is 12.3. The van der Waals surface area contributed by atoms with Crippen molar-refractivity contribution in [1.29, 1.82) is 0 Å². The quantitative estimate of drug-likeness (QED) is 0.700. The van der Waals surface area contributed by atoms with Gasteiger partial charge in [-0.1, -0.05) is 41.5 Å². The third-order valence-electron chi connectivity index (χ3n) is 2.13. The Bertz CT molecular complexity index is 107. The summed E-state index contributed by atoms with van der Waals surface area (Å²) in [5.41, 5.74) is 0. The van der Waals surface area contributed by atoms with Crippen LogP contribution in [0.25, 0.3) is 0 Å². The number of thioether (sulfide) groups is 1. The molecule has 1 fully saturated rings. The van der Waals surface area contributed by atoms with Crippen LogP contribution in [-0.4, -0.2) is 35.5 Å². The van der Waals surface area contributed by atoms with Crippen LogP contribution in [0.3, 0.4) is 0 Å². The first-order chi connectivity index (χ1) is 7.18. The lowest BCUT2D eigenvalue weighted by Crippen LogP contribution is -2.31. The lowest BCUT2D eigenvalue weighted by atomic mass is 10.1. The molecule has 1 rings (SSSR count). The topological polar surface area (TPSA) is 3.24 Å². The van der Waals surface area contributed by atoms with Crippen molar-refractivity contribution in [3.05, 3.63) is 0 Å². The largest absolute Gasteiger partial charge is 0.306 e. The second-order valence-electron chi connectivity index (χ2n) is 3.69. The summed E-state index contributed by atoms with van der Waals surface area (Å²) < 4.78 is 0. The predicted octanol–water partition coefficient (Wildman–Crippen LogP) is 4.27. The molecular formula is C13H31NS. The molecule has 0 atom stereocenters. The van der Waals surface area contributed by atoms with E-state index < -0.39 is 0 Å². The second kappa shape index (κ2) is 12.4. The second-order valence-corrected chi connectivity index (χ2v) is 5.57. The average Bonchev–Trinajstić information content (AvgIpc) is 2.27. The van der Waals surface area contributed by atoms with Crippen molar-refractivity contribution in [3.63, 3.8) is 0 Å². The van der Waals surface area contributed by atoms with E-state index in [2.05, 4.69) is 37.6 Å². The highest BCUT2D eigenvalue weighted by atomic mass is 32.2. The standard InChI is InChI=1S/C9H19NS.2C2H6/c1-8(2)11-9-4-6-10(3)7-5-9;2*1-2/h8-9H,4-7H2,1-3H3;2*1-2H3. The molecule has 0 saturated carbocycles. The number of likely N-dealkylation sites (tertiary alicyclic amines) is 1. The average molecular weight is 233 g/mol. The fraction of sp³-hybridized carbons (Fsp3) is 1.00. The minimum absolute atomic E-state index is 0.809. The van der Waals surface area contributed by atoms with Crippen molar-refractivity contribution in [1.82, 2.24) is 4.90 Å². The molecule has 94 valence electrons. The third kappa shape index (κ3) is 10.6. The summed E-state index contributed by atoms with van der Waals surface area (Å²) >= 11 is 2.15. The maximum Gasteiger partial charge on any atom is 0.00739 e. The maximum absolute atomic E-state index is 2.43. The lowest BCUT2D eigenvalue weighted by Gasteiger charge is -2.29. The van der Waals surface area contributed by atoms with Crippen LogP contribution >= 0.6 is 11.8 Å². The molecule has 0 aromatic carbocycles. The van der Waals surface area contributed by atoms with Gasteiger partial charge in [-0.3, -0.25) is 0 Å². The molecule has 0 amide bonds. The Labute approximate surface area is 102 Å². The molecule has 15 heavy (non-hydrogen) atoms. The molecule has 1 aliphatic rings. The van der Waals surface area contributed by atoms with Gasteiger partial charge in [0.15, 0.2) is 0 Å². The van der Waals surface area contributed by atoms with Gasteiger partial charge in [0.25, 0.3) is 0 Å². The lowest BCUT2D eigenvalue weighted by molar-refractivity contribution is 0.282. The molecule has 1 heterocycles. The minimum Gasteiger partial charge on any atom is -0.306 e. The van der Waals surface area contributed by atoms with E-state index in [0.717, 1.165) is 10.5 Å². The maximum atomic E-state index is 2.43. The monoisotopic (exact) mass is 233 g/mol. The van der Waals surface area contributed by atoms with Crippen molar-refractivity contribution in [2.24, 2.45) is 0 Å². The van der Waals surface area contributed by atoms with Crippen LogP contribution in [0.4, 0.5) is 0 Å². The van der Waals surface area contributed by atoms with Gasteiger partial charge in [0.1, 0.15) is 0 Å². The summed E-state index contributed by atoms with van der Waals surface area (Å²) in [6.45, 7) is 15.2. The molecule has 0 N–H and O–H groups in total. The summed E-state index contributed by atoms with van der Waals surface area (Å²) in [6, 6.07) is 0. The van der Waals surface area contributed by atoms with Crippen molar-refractivity contribution in [2.75, 3.05) is 20.1 Å². The van der Waals surface area contributed by atoms with E-state index in [0.29, 0.717) is 0 Å². The van der Waals surface area contributed by atoms with Crippen LogP contribution < -0.4 is 0 Å². The van der Waals surface area contributed by atoms with Crippen LogP contribution in [-0.2, 0) is 0 Å². The fourth-order valence-corrected chi connectivity index (χ4v) is 2.76. The molecule has 1 nitrogen and oxygen atoms in total. The summed E-state index contributed by atoms with van der Waals surface area (Å²) in [5.74, 6) is 0. The Morgan fingerprint density at radius 1 is 1.00 bits per heavy atom. The predicted molar refractivity (Wildman–Crippen MR) is 75.9 cm³/mol. The van der Waals surface area contributed by atoms with Gasteiger partial charge in [0.2, 0.25) is 0 Å². The van der Waals surface area contributed by atoms with Crippen molar-refractivity contribution >= 4 is 11.8 Å². The van der Waals surface area contributed by atoms with Crippen molar-refractivity contribution in [3.8, 4) is 0 Å². The SMILES string of the molecule is CC.CC.CC(C)SC1CCN(C)CC1. The van der Waals surface area contributed by atoms with Gasteiger partial charge in [-0.05, 0) is 38.2 Å². The zero-order valence-corrected chi connectivity index (χ0v) is 12.7. The van der Waals surface area contributed by atoms with Crippen LogP contribution in [0.1, 0.15) is 54.4 Å². The van der Waals surface area contributed by atoms with E-state index in [1.165, 1.54) is 25.9 Å². The number of hydrogen-bond acceptors (Lipinski definition) is 2. The number of rotatable bonds is 2. The number of piperidine rings is 1. The molecule has 0 unspecified atom stereocenters. The smallest absolute Gasteiger partial charge is 0.00739 e. The Kier molecular flexibility index (Phi) is 14.6. The molecule has 0 radical (unpaired) electrons. The minimum atomic E-state index is 0.809. The molecule has 1 saturated heterocycles. The molecule has 0 aliphatic carbocycles. The number of nitrogens with zero attached hydrogens (tertiary/aromatic N) is 1. The Morgan fingerprint density at radius 2 is 1.40 bits per heavy atom. The first kappa shape index (κ1) is 17.7. The Morgan fingerprint density at radius 3 is 1.73 bits per heavy atom. The Balaban J connectivity index is 0. The molecule has 0 bridgehead atoms. The Hall–Kier alpha value is 0.310. The van der Waals surface area contributed by atoms with E-state index in [-0.39, 0.29) is 0 Å². The van der Waals surface area contributed by atoms with Gasteiger partial charge in [-0.15, -0.1) is 0 Å². The van der Waals surface area contributed by atoms with E-state index >= 15 is 0 Å². The highest BCUT2D eigenvalue weighted by Gasteiger charge is 2.17.